The summed E-state index contributed by atoms with van der Waals surface area (Å²) in [7, 11) is -3.56. The predicted octanol–water partition coefficient (Wildman–Crippen LogP) is 2.42. The summed E-state index contributed by atoms with van der Waals surface area (Å²) >= 11 is 0. The minimum Gasteiger partial charge on any atom is -0.273 e. The van der Waals surface area contributed by atoms with Crippen molar-refractivity contribution in [3.05, 3.63) is 65.2 Å². The van der Waals surface area contributed by atoms with Gasteiger partial charge in [-0.15, -0.1) is 0 Å². The summed E-state index contributed by atoms with van der Waals surface area (Å²) in [5.41, 5.74) is 7.49. The number of hydrazine groups is 1. The van der Waals surface area contributed by atoms with Crippen LogP contribution < -0.4 is 10.9 Å². The molecule has 0 unspecified atom stereocenters. The van der Waals surface area contributed by atoms with E-state index >= 15 is 0 Å². The molecule has 2 aromatic rings. The van der Waals surface area contributed by atoms with E-state index in [1.54, 1.807) is 36.4 Å². The third-order valence-electron chi connectivity index (χ3n) is 5.41. The van der Waals surface area contributed by atoms with Gasteiger partial charge in [-0.05, 0) is 56.0 Å². The molecule has 30 heavy (non-hydrogen) atoms. The zero-order valence-corrected chi connectivity index (χ0v) is 18.0. The van der Waals surface area contributed by atoms with Gasteiger partial charge in [0.2, 0.25) is 15.9 Å². The summed E-state index contributed by atoms with van der Waals surface area (Å²) in [5, 5.41) is 0. The largest absolute Gasteiger partial charge is 0.273 e. The number of benzene rings is 2. The van der Waals surface area contributed by atoms with Crippen LogP contribution in [-0.2, 0) is 21.2 Å². The van der Waals surface area contributed by atoms with Gasteiger partial charge in [0.1, 0.15) is 0 Å². The van der Waals surface area contributed by atoms with Crippen LogP contribution in [0.2, 0.25) is 0 Å². The van der Waals surface area contributed by atoms with Crippen LogP contribution in [0.5, 0.6) is 0 Å². The first kappa shape index (κ1) is 22.0. The van der Waals surface area contributed by atoms with Gasteiger partial charge in [-0.3, -0.25) is 20.4 Å². The lowest BCUT2D eigenvalue weighted by Gasteiger charge is -2.30. The SMILES string of the molecule is CCc1ccc(C(=O)NNC(=O)C2CCN(S(=O)(=O)c3ccc(C)cc3)CC2)cc1. The van der Waals surface area contributed by atoms with Crippen molar-refractivity contribution in [2.75, 3.05) is 13.1 Å². The Morgan fingerprint density at radius 1 is 0.967 bits per heavy atom. The fourth-order valence-electron chi connectivity index (χ4n) is 3.40. The van der Waals surface area contributed by atoms with Gasteiger partial charge in [0.25, 0.3) is 5.91 Å². The van der Waals surface area contributed by atoms with Crippen molar-refractivity contribution in [2.24, 2.45) is 5.92 Å². The van der Waals surface area contributed by atoms with E-state index in [9.17, 15) is 18.0 Å². The lowest BCUT2D eigenvalue weighted by molar-refractivity contribution is -0.126. The van der Waals surface area contributed by atoms with Gasteiger partial charge >= 0.3 is 0 Å². The zero-order valence-electron chi connectivity index (χ0n) is 17.2. The van der Waals surface area contributed by atoms with Crippen molar-refractivity contribution >= 4 is 21.8 Å². The second-order valence-electron chi connectivity index (χ2n) is 7.49. The molecular weight excluding hydrogens is 402 g/mol. The van der Waals surface area contributed by atoms with Crippen LogP contribution in [0, 0.1) is 12.8 Å². The molecule has 2 N–H and O–H groups in total. The van der Waals surface area contributed by atoms with Crippen molar-refractivity contribution in [1.82, 2.24) is 15.2 Å². The highest BCUT2D eigenvalue weighted by Gasteiger charge is 2.32. The van der Waals surface area contributed by atoms with Crippen LogP contribution in [0.3, 0.4) is 0 Å². The van der Waals surface area contributed by atoms with Gasteiger partial charge in [-0.1, -0.05) is 36.8 Å². The Morgan fingerprint density at radius 2 is 1.57 bits per heavy atom. The minimum absolute atomic E-state index is 0.261. The molecule has 160 valence electrons. The molecule has 8 heteroatoms. The molecule has 1 saturated heterocycles. The number of nitrogens with one attached hydrogen (secondary N) is 2. The Bertz CT molecular complexity index is 994. The van der Waals surface area contributed by atoms with E-state index in [-0.39, 0.29) is 35.7 Å². The highest BCUT2D eigenvalue weighted by molar-refractivity contribution is 7.89. The second-order valence-corrected chi connectivity index (χ2v) is 9.42. The number of piperidine rings is 1. The number of carbonyl (C=O) groups is 2. The highest BCUT2D eigenvalue weighted by atomic mass is 32.2. The molecule has 0 saturated carbocycles. The zero-order chi connectivity index (χ0) is 21.7. The van der Waals surface area contributed by atoms with Crippen molar-refractivity contribution in [2.45, 2.75) is 38.0 Å². The Labute approximate surface area is 177 Å². The van der Waals surface area contributed by atoms with Gasteiger partial charge in [0.15, 0.2) is 0 Å². The Balaban J connectivity index is 1.51. The van der Waals surface area contributed by atoms with E-state index in [1.807, 2.05) is 26.0 Å². The smallest absolute Gasteiger partial charge is 0.269 e. The van der Waals surface area contributed by atoms with Crippen LogP contribution in [0.4, 0.5) is 0 Å². The molecular formula is C22H27N3O4S. The van der Waals surface area contributed by atoms with Gasteiger partial charge in [0.05, 0.1) is 4.90 Å². The first-order valence-electron chi connectivity index (χ1n) is 10.1. The molecule has 0 spiro atoms. The van der Waals surface area contributed by atoms with Gasteiger partial charge in [0, 0.05) is 24.6 Å². The quantitative estimate of drug-likeness (QED) is 0.714. The second kappa shape index (κ2) is 9.40. The molecule has 1 fully saturated rings. The summed E-state index contributed by atoms with van der Waals surface area (Å²) in [6, 6.07) is 13.9. The monoisotopic (exact) mass is 429 g/mol. The van der Waals surface area contributed by atoms with Crippen molar-refractivity contribution in [1.29, 1.82) is 0 Å². The van der Waals surface area contributed by atoms with Crippen molar-refractivity contribution < 1.29 is 18.0 Å². The molecule has 0 atom stereocenters. The van der Waals surface area contributed by atoms with E-state index in [1.165, 1.54) is 4.31 Å². The fourth-order valence-corrected chi connectivity index (χ4v) is 4.87. The average molecular weight is 430 g/mol. The maximum Gasteiger partial charge on any atom is 0.269 e. The average Bonchev–Trinajstić information content (AvgIpc) is 2.77. The Morgan fingerprint density at radius 3 is 2.13 bits per heavy atom. The lowest BCUT2D eigenvalue weighted by atomic mass is 9.98. The number of aryl methyl sites for hydroxylation is 2. The van der Waals surface area contributed by atoms with Gasteiger partial charge in [-0.2, -0.15) is 4.31 Å². The first-order valence-corrected chi connectivity index (χ1v) is 11.5. The van der Waals surface area contributed by atoms with E-state index in [0.29, 0.717) is 18.4 Å². The number of sulfonamides is 1. The van der Waals surface area contributed by atoms with Crippen LogP contribution in [0.25, 0.3) is 0 Å². The number of amides is 2. The molecule has 0 aliphatic carbocycles. The van der Waals surface area contributed by atoms with Crippen LogP contribution in [-0.4, -0.2) is 37.6 Å². The maximum absolute atomic E-state index is 12.8. The summed E-state index contributed by atoms with van der Waals surface area (Å²) in [5.74, 6) is -1.04. The molecule has 2 aromatic carbocycles. The first-order chi connectivity index (χ1) is 14.3. The molecule has 7 nitrogen and oxygen atoms in total. The molecule has 1 aliphatic heterocycles. The number of carbonyl (C=O) groups excluding carboxylic acids is 2. The Hall–Kier alpha value is -2.71. The van der Waals surface area contributed by atoms with Crippen molar-refractivity contribution in [3.8, 4) is 0 Å². The molecule has 3 rings (SSSR count). The number of hydrogen-bond acceptors (Lipinski definition) is 4. The molecule has 1 heterocycles. The molecule has 0 aromatic heterocycles. The maximum atomic E-state index is 12.8. The van der Waals surface area contributed by atoms with E-state index < -0.39 is 10.0 Å². The molecule has 1 aliphatic rings. The van der Waals surface area contributed by atoms with E-state index in [4.69, 9.17) is 0 Å². The van der Waals surface area contributed by atoms with Crippen LogP contribution >= 0.6 is 0 Å². The standard InChI is InChI=1S/C22H27N3O4S/c1-3-17-6-8-18(9-7-17)21(26)23-24-22(27)19-12-14-25(15-13-19)30(28,29)20-10-4-16(2)5-11-20/h4-11,19H,3,12-15H2,1-2H3,(H,23,26)(H,24,27). The molecule has 0 bridgehead atoms. The molecule has 0 radical (unpaired) electrons. The summed E-state index contributed by atoms with van der Waals surface area (Å²) in [4.78, 5) is 24.8. The van der Waals surface area contributed by atoms with Gasteiger partial charge < -0.3 is 0 Å². The summed E-state index contributed by atoms with van der Waals surface area (Å²) in [6.45, 7) is 4.47. The van der Waals surface area contributed by atoms with E-state index in [2.05, 4.69) is 10.9 Å². The third-order valence-corrected chi connectivity index (χ3v) is 7.32. The Kier molecular flexibility index (Phi) is 6.89. The summed E-state index contributed by atoms with van der Waals surface area (Å²) < 4.78 is 26.9. The number of hydrogen-bond donors (Lipinski definition) is 2. The van der Waals surface area contributed by atoms with Crippen LogP contribution in [0.15, 0.2) is 53.4 Å². The number of nitrogens with zero attached hydrogens (tertiary/aromatic N) is 1. The van der Waals surface area contributed by atoms with Crippen LogP contribution in [0.1, 0.15) is 41.3 Å². The highest BCUT2D eigenvalue weighted by Crippen LogP contribution is 2.24. The lowest BCUT2D eigenvalue weighted by Crippen LogP contribution is -2.48. The third kappa shape index (κ3) is 5.06. The minimum atomic E-state index is -3.56. The number of rotatable bonds is 5. The fraction of sp³-hybridized carbons (Fsp3) is 0.364. The molecule has 2 amide bonds. The van der Waals surface area contributed by atoms with Crippen molar-refractivity contribution in [3.63, 3.8) is 0 Å². The van der Waals surface area contributed by atoms with Gasteiger partial charge in [-0.25, -0.2) is 8.42 Å². The topological polar surface area (TPSA) is 95.6 Å². The normalized spacial score (nSPS) is 15.5. The van der Waals surface area contributed by atoms with E-state index in [0.717, 1.165) is 17.5 Å². The summed E-state index contributed by atoms with van der Waals surface area (Å²) in [6.07, 6.45) is 1.69. The predicted molar refractivity (Wildman–Crippen MR) is 114 cm³/mol.